The first kappa shape index (κ1) is 53.8. The zero-order chi connectivity index (χ0) is 51.5. The fourth-order valence-corrected chi connectivity index (χ4v) is 10.5. The number of rotatable bonds is 21. The van der Waals surface area contributed by atoms with Crippen LogP contribution in [0, 0.1) is 11.8 Å². The standard InChI is InChI=1S/C50H68F3N11O8/c1-30(2)62(3)35-12-14-41(64-19-15-39(49(64)70)60-46-36-24-33(50(51,52)53)9-13-38(36)57-29-58-46)40(25-35)61-47(68)31-7-10-34(11-8-31)59-42(65)16-20-71-22-23-72-21-18-55-43(66)28-56-48(69)37-26-44(67)63(4)45(37)32-6-5-17-54-27-32/h5-6,9,13,17,24,27,29-31,34-35,37,39-41,45H,7-8,10-12,14-16,18-23,25-26,28H2,1-4H3,(H,55,66)(H,56,69)(H,59,65)(H,61,68)(H,57,58,60)/t31?,34?,35-,37+,39+,40-,41+,45-/m1/s1. The lowest BCUT2D eigenvalue weighted by molar-refractivity contribution is -0.137. The summed E-state index contributed by atoms with van der Waals surface area (Å²) in [5.41, 5.74) is 0.241. The fraction of sp³-hybridized carbons (Fsp3) is 0.620. The van der Waals surface area contributed by atoms with E-state index in [0.29, 0.717) is 57.0 Å². The van der Waals surface area contributed by atoms with Crippen molar-refractivity contribution < 1.29 is 51.4 Å². The lowest BCUT2D eigenvalue weighted by atomic mass is 9.82. The van der Waals surface area contributed by atoms with Crippen LogP contribution >= 0.6 is 0 Å². The van der Waals surface area contributed by atoms with Crippen molar-refractivity contribution in [2.45, 2.75) is 127 Å². The SMILES string of the molecule is CC(C)N(C)[C@@H]1CC[C@H](N2CC[C@H](Nc3ncnc4ccc(C(F)(F)F)cc34)C2=O)[C@H](NC(=O)C2CCC(NC(=O)CCOCCOCCNC(=O)CNC(=O)[C@H]3CC(=O)N(C)[C@@H]3c3cccnc3)CC2)C1. The third-order valence-corrected chi connectivity index (χ3v) is 14.7. The van der Waals surface area contributed by atoms with Crippen LogP contribution in [0.5, 0.6) is 0 Å². The van der Waals surface area contributed by atoms with E-state index in [-0.39, 0.29) is 129 Å². The second-order valence-electron chi connectivity index (χ2n) is 19.6. The lowest BCUT2D eigenvalue weighted by Crippen LogP contribution is -2.59. The van der Waals surface area contributed by atoms with Gasteiger partial charge in [0.25, 0.3) is 0 Å². The average Bonchev–Trinajstić information content (AvgIpc) is 3.88. The fourth-order valence-electron chi connectivity index (χ4n) is 10.5. The van der Waals surface area contributed by atoms with Crippen LogP contribution in [0.25, 0.3) is 10.9 Å². The molecule has 2 aromatic heterocycles. The summed E-state index contributed by atoms with van der Waals surface area (Å²) in [5, 5.41) is 15.0. The van der Waals surface area contributed by atoms with Gasteiger partial charge in [-0.3, -0.25) is 33.8 Å². The number of hydrogen-bond donors (Lipinski definition) is 5. The number of hydrogen-bond acceptors (Lipinski definition) is 13. The van der Waals surface area contributed by atoms with E-state index >= 15 is 0 Å². The van der Waals surface area contributed by atoms with E-state index in [2.05, 4.69) is 67.3 Å². The molecule has 6 atom stereocenters. The van der Waals surface area contributed by atoms with Gasteiger partial charge in [0.15, 0.2) is 0 Å². The molecule has 4 fully saturated rings. The first-order chi connectivity index (χ1) is 34.5. The van der Waals surface area contributed by atoms with Gasteiger partial charge >= 0.3 is 6.18 Å². The Labute approximate surface area is 417 Å². The zero-order valence-electron chi connectivity index (χ0n) is 41.4. The predicted molar refractivity (Wildman–Crippen MR) is 259 cm³/mol. The Morgan fingerprint density at radius 3 is 2.38 bits per heavy atom. The highest BCUT2D eigenvalue weighted by atomic mass is 19.4. The molecule has 2 aliphatic carbocycles. The molecule has 2 aliphatic heterocycles. The number of anilines is 1. The molecule has 19 nitrogen and oxygen atoms in total. The van der Waals surface area contributed by atoms with E-state index in [9.17, 15) is 41.9 Å². The Morgan fingerprint density at radius 2 is 1.65 bits per heavy atom. The molecule has 72 heavy (non-hydrogen) atoms. The number of ether oxygens (including phenoxy) is 2. The predicted octanol–water partition coefficient (Wildman–Crippen LogP) is 3.35. The van der Waals surface area contributed by atoms with E-state index in [1.54, 1.807) is 25.5 Å². The van der Waals surface area contributed by atoms with Gasteiger partial charge in [0, 0.05) is 74.8 Å². The van der Waals surface area contributed by atoms with Gasteiger partial charge in [0.2, 0.25) is 35.4 Å². The molecular formula is C50H68F3N11O8. The van der Waals surface area contributed by atoms with Gasteiger partial charge < -0.3 is 50.8 Å². The number of aromatic nitrogens is 3. The first-order valence-electron chi connectivity index (χ1n) is 25.0. The summed E-state index contributed by atoms with van der Waals surface area (Å²) in [5.74, 6) is -2.07. The highest BCUT2D eigenvalue weighted by Gasteiger charge is 2.45. The number of pyridine rings is 1. The number of nitrogens with one attached hydrogen (secondary N) is 5. The van der Waals surface area contributed by atoms with Crippen LogP contribution in [0.15, 0.2) is 49.1 Å². The Hall–Kier alpha value is -6.00. The minimum absolute atomic E-state index is 0.0440. The van der Waals surface area contributed by atoms with Crippen molar-refractivity contribution in [2.75, 3.05) is 65.5 Å². The largest absolute Gasteiger partial charge is 0.416 e. The monoisotopic (exact) mass is 1010 g/mol. The van der Waals surface area contributed by atoms with Crippen molar-refractivity contribution in [3.63, 3.8) is 0 Å². The first-order valence-corrected chi connectivity index (χ1v) is 25.0. The zero-order valence-corrected chi connectivity index (χ0v) is 41.4. The molecule has 0 radical (unpaired) electrons. The number of alkyl halides is 3. The molecule has 2 saturated heterocycles. The van der Waals surface area contributed by atoms with Gasteiger partial charge in [-0.2, -0.15) is 13.2 Å². The number of fused-ring (bicyclic) bond motifs is 1. The van der Waals surface area contributed by atoms with Crippen molar-refractivity contribution in [2.24, 2.45) is 11.8 Å². The molecular weight excluding hydrogens is 940 g/mol. The normalized spacial score (nSPS) is 24.7. The summed E-state index contributed by atoms with van der Waals surface area (Å²) in [6, 6.07) is 5.47. The molecule has 5 N–H and O–H groups in total. The van der Waals surface area contributed by atoms with E-state index in [1.165, 1.54) is 17.3 Å². The molecule has 4 heterocycles. The highest BCUT2D eigenvalue weighted by Crippen LogP contribution is 2.38. The van der Waals surface area contributed by atoms with Crippen LogP contribution in [0.1, 0.15) is 95.2 Å². The second-order valence-corrected chi connectivity index (χ2v) is 19.6. The summed E-state index contributed by atoms with van der Waals surface area (Å²) in [6.45, 7) is 5.56. The third-order valence-electron chi connectivity index (χ3n) is 14.7. The smallest absolute Gasteiger partial charge is 0.379 e. The highest BCUT2D eigenvalue weighted by molar-refractivity contribution is 5.94. The maximum Gasteiger partial charge on any atom is 0.416 e. The molecule has 4 aliphatic rings. The van der Waals surface area contributed by atoms with Gasteiger partial charge in [-0.15, -0.1) is 0 Å². The maximum atomic E-state index is 14.1. The second kappa shape index (κ2) is 24.6. The van der Waals surface area contributed by atoms with E-state index in [1.807, 2.05) is 11.0 Å². The van der Waals surface area contributed by atoms with Crippen molar-refractivity contribution in [1.29, 1.82) is 0 Å². The number of halogens is 3. The van der Waals surface area contributed by atoms with Crippen molar-refractivity contribution >= 4 is 52.2 Å². The molecule has 6 amide bonds. The van der Waals surface area contributed by atoms with Gasteiger partial charge in [0.1, 0.15) is 18.2 Å². The Bertz CT molecular complexity index is 2370. The molecule has 0 unspecified atom stereocenters. The van der Waals surface area contributed by atoms with Crippen LogP contribution in [0.3, 0.4) is 0 Å². The van der Waals surface area contributed by atoms with Crippen molar-refractivity contribution in [1.82, 2.24) is 50.9 Å². The molecule has 0 spiro atoms. The quantitative estimate of drug-likeness (QED) is 0.0967. The summed E-state index contributed by atoms with van der Waals surface area (Å²) in [6.07, 6.45) is 5.21. The average molecular weight is 1010 g/mol. The minimum atomic E-state index is -4.55. The number of amides is 6. The van der Waals surface area contributed by atoms with Crippen LogP contribution in [-0.4, -0.2) is 162 Å². The van der Waals surface area contributed by atoms with E-state index in [4.69, 9.17) is 9.47 Å². The molecule has 7 rings (SSSR count). The molecule has 3 aromatic rings. The molecule has 2 saturated carbocycles. The van der Waals surface area contributed by atoms with Crippen LogP contribution in [0.2, 0.25) is 0 Å². The maximum absolute atomic E-state index is 14.1. The third kappa shape index (κ3) is 13.7. The summed E-state index contributed by atoms with van der Waals surface area (Å²) < 4.78 is 51.9. The van der Waals surface area contributed by atoms with Gasteiger partial charge in [-0.05, 0) is 102 Å². The molecule has 1 aromatic carbocycles. The Morgan fingerprint density at radius 1 is 0.889 bits per heavy atom. The molecule has 392 valence electrons. The summed E-state index contributed by atoms with van der Waals surface area (Å²) in [7, 11) is 3.72. The number of likely N-dealkylation sites (tertiary alicyclic amines) is 2. The minimum Gasteiger partial charge on any atom is -0.379 e. The Balaban J connectivity index is 0.780. The van der Waals surface area contributed by atoms with Gasteiger partial charge in [-0.25, -0.2) is 9.97 Å². The molecule has 0 bridgehead atoms. The van der Waals surface area contributed by atoms with Crippen LogP contribution in [0.4, 0.5) is 19.0 Å². The Kier molecular flexibility index (Phi) is 18.4. The number of benzene rings is 1. The van der Waals surface area contributed by atoms with Crippen molar-refractivity contribution in [3.05, 3.63) is 60.2 Å². The summed E-state index contributed by atoms with van der Waals surface area (Å²) in [4.78, 5) is 96.5. The lowest BCUT2D eigenvalue weighted by Gasteiger charge is -2.45. The van der Waals surface area contributed by atoms with Gasteiger partial charge in [-0.1, -0.05) is 6.07 Å². The number of carbonyl (C=O) groups excluding carboxylic acids is 6. The van der Waals surface area contributed by atoms with E-state index < -0.39 is 35.6 Å². The number of nitrogens with zero attached hydrogens (tertiary/aromatic N) is 6. The number of carbonyl (C=O) groups is 6. The van der Waals surface area contributed by atoms with Crippen LogP contribution in [-0.2, 0) is 44.4 Å². The van der Waals surface area contributed by atoms with Crippen LogP contribution < -0.4 is 26.6 Å². The molecule has 22 heteroatoms. The summed E-state index contributed by atoms with van der Waals surface area (Å²) >= 11 is 0. The van der Waals surface area contributed by atoms with E-state index in [0.717, 1.165) is 24.1 Å². The topological polar surface area (TPSA) is 229 Å². The van der Waals surface area contributed by atoms with Crippen molar-refractivity contribution in [3.8, 4) is 0 Å². The van der Waals surface area contributed by atoms with Gasteiger partial charge in [0.05, 0.1) is 68.1 Å².